The average molecular weight is 601 g/mol. The van der Waals surface area contributed by atoms with Gasteiger partial charge in [-0.2, -0.15) is 8.42 Å². The molecular formula is C29H41ClO9S. The van der Waals surface area contributed by atoms with Crippen LogP contribution in [0.2, 0.25) is 0 Å². The molecule has 0 aromatic rings. The van der Waals surface area contributed by atoms with Crippen LogP contribution in [0.5, 0.6) is 0 Å². The molecule has 9 nitrogen and oxygen atoms in total. The molecule has 0 aromatic carbocycles. The van der Waals surface area contributed by atoms with Gasteiger partial charge in [0, 0.05) is 16.7 Å². The summed E-state index contributed by atoms with van der Waals surface area (Å²) in [6.07, 6.45) is 7.64. The molecule has 11 heteroatoms. The molecule has 3 fully saturated rings. The minimum Gasteiger partial charge on any atom is -0.434 e. The van der Waals surface area contributed by atoms with Crippen LogP contribution in [-0.4, -0.2) is 67.3 Å². The summed E-state index contributed by atoms with van der Waals surface area (Å²) in [5, 5.41) is 11.9. The Morgan fingerprint density at radius 2 is 1.90 bits per heavy atom. The van der Waals surface area contributed by atoms with Gasteiger partial charge in [-0.15, -0.1) is 11.6 Å². The molecule has 0 radical (unpaired) electrons. The van der Waals surface area contributed by atoms with E-state index >= 15 is 0 Å². The fourth-order valence-corrected chi connectivity index (χ4v) is 9.18. The predicted molar refractivity (Wildman–Crippen MR) is 148 cm³/mol. The van der Waals surface area contributed by atoms with E-state index < -0.39 is 62.0 Å². The van der Waals surface area contributed by atoms with Crippen molar-refractivity contribution in [1.29, 1.82) is 0 Å². The molecule has 3 saturated carbocycles. The number of fused-ring (bicyclic) bond motifs is 5. The molecule has 8 atom stereocenters. The number of Topliss-reactive ketones (excluding diaryl/α,β-unsaturated/α-hetero) is 1. The maximum Gasteiger partial charge on any atom is 0.509 e. The van der Waals surface area contributed by atoms with E-state index in [2.05, 4.69) is 0 Å². The van der Waals surface area contributed by atoms with Gasteiger partial charge in [0.25, 0.3) is 10.1 Å². The molecule has 0 aromatic heterocycles. The smallest absolute Gasteiger partial charge is 0.434 e. The summed E-state index contributed by atoms with van der Waals surface area (Å²) in [5.74, 6) is -1.90. The monoisotopic (exact) mass is 600 g/mol. The van der Waals surface area contributed by atoms with Gasteiger partial charge in [-0.05, 0) is 56.1 Å². The SMILES string of the molecule is CCCCCOC(=O)O[C@]1(C(=O)COS(C)(=O)=O)[C@H](C)C[C@H]2[C@@H]3CCC4=CC(=O)C=C[C@]4(C)[C@@]3(Cl)C(O)C[C@@]21C. The van der Waals surface area contributed by atoms with Gasteiger partial charge in [0.15, 0.2) is 11.4 Å². The van der Waals surface area contributed by atoms with Crippen molar-refractivity contribution in [3.05, 3.63) is 23.8 Å². The Balaban J connectivity index is 1.75. The van der Waals surface area contributed by atoms with Gasteiger partial charge in [0.1, 0.15) is 6.61 Å². The first kappa shape index (κ1) is 31.2. The number of aliphatic hydroxyl groups is 1. The van der Waals surface area contributed by atoms with Crippen molar-refractivity contribution < 1.29 is 41.6 Å². The Labute approximate surface area is 241 Å². The average Bonchev–Trinajstić information content (AvgIpc) is 3.08. The Morgan fingerprint density at radius 3 is 2.55 bits per heavy atom. The zero-order valence-electron chi connectivity index (χ0n) is 23.9. The van der Waals surface area contributed by atoms with E-state index in [1.54, 1.807) is 19.1 Å². The molecule has 1 N–H and O–H groups in total. The number of hydrogen-bond donors (Lipinski definition) is 1. The normalized spacial score (nSPS) is 40.5. The van der Waals surface area contributed by atoms with E-state index in [0.717, 1.165) is 24.7 Å². The van der Waals surface area contributed by atoms with Crippen LogP contribution in [0.15, 0.2) is 23.8 Å². The van der Waals surface area contributed by atoms with E-state index in [1.165, 1.54) is 6.08 Å². The number of hydrogen-bond acceptors (Lipinski definition) is 9. The van der Waals surface area contributed by atoms with Crippen LogP contribution < -0.4 is 0 Å². The second kappa shape index (κ2) is 10.8. The molecule has 0 bridgehead atoms. The van der Waals surface area contributed by atoms with Gasteiger partial charge in [0.2, 0.25) is 5.78 Å². The lowest BCUT2D eigenvalue weighted by Crippen LogP contribution is -2.69. The molecule has 4 rings (SSSR count). The van der Waals surface area contributed by atoms with E-state index in [-0.39, 0.29) is 30.6 Å². The summed E-state index contributed by atoms with van der Waals surface area (Å²) in [4.78, 5) is 38.0. The van der Waals surface area contributed by atoms with Gasteiger partial charge >= 0.3 is 6.16 Å². The van der Waals surface area contributed by atoms with Crippen LogP contribution >= 0.6 is 11.6 Å². The first-order valence-electron chi connectivity index (χ1n) is 14.1. The minimum atomic E-state index is -3.96. The number of alkyl halides is 1. The largest absolute Gasteiger partial charge is 0.509 e. The van der Waals surface area contributed by atoms with Crippen LogP contribution in [0.4, 0.5) is 4.79 Å². The van der Waals surface area contributed by atoms with Gasteiger partial charge in [-0.3, -0.25) is 13.8 Å². The summed E-state index contributed by atoms with van der Waals surface area (Å²) < 4.78 is 39.8. The fraction of sp³-hybridized carbons (Fsp3) is 0.759. The number of carbonyl (C=O) groups is 3. The summed E-state index contributed by atoms with van der Waals surface area (Å²) in [6.45, 7) is 6.89. The summed E-state index contributed by atoms with van der Waals surface area (Å²) in [7, 11) is -3.96. The van der Waals surface area contributed by atoms with E-state index in [4.69, 9.17) is 25.3 Å². The second-order valence-electron chi connectivity index (χ2n) is 12.4. The predicted octanol–water partition coefficient (Wildman–Crippen LogP) is 4.50. The van der Waals surface area contributed by atoms with Crippen molar-refractivity contribution in [1.82, 2.24) is 0 Å². The summed E-state index contributed by atoms with van der Waals surface area (Å²) in [6, 6.07) is 0. The highest BCUT2D eigenvalue weighted by molar-refractivity contribution is 7.86. The van der Waals surface area contributed by atoms with E-state index in [9.17, 15) is 27.9 Å². The highest BCUT2D eigenvalue weighted by Crippen LogP contribution is 2.72. The Morgan fingerprint density at radius 1 is 1.20 bits per heavy atom. The zero-order valence-corrected chi connectivity index (χ0v) is 25.5. The quantitative estimate of drug-likeness (QED) is 0.176. The first-order chi connectivity index (χ1) is 18.6. The third-order valence-corrected chi connectivity index (χ3v) is 11.7. The summed E-state index contributed by atoms with van der Waals surface area (Å²) in [5.41, 5.74) is -2.82. The number of rotatable bonds is 9. The number of allylic oxidation sites excluding steroid dienone is 4. The standard InChI is InChI=1S/C29H41ClO9S/c1-6-7-8-13-37-25(34)39-29(24(33)17-38-40(5,35)36)18(2)14-22-21-10-9-19-15-20(31)11-12-26(19,3)28(21,30)23(32)16-27(22,29)4/h11-12,15,18,21-23,32H,6-10,13-14,16-17H2,1-5H3/t18-,21+,22+,23?,26+,27+,28+,29+/m1/s1. The van der Waals surface area contributed by atoms with E-state index in [0.29, 0.717) is 25.7 Å². The number of ketones is 2. The first-order valence-corrected chi connectivity index (χ1v) is 16.3. The number of unbranched alkanes of at least 4 members (excludes halogenated alkanes) is 2. The molecule has 0 heterocycles. The molecule has 1 unspecified atom stereocenters. The van der Waals surface area contributed by atoms with Gasteiger partial charge < -0.3 is 14.6 Å². The lowest BCUT2D eigenvalue weighted by atomic mass is 9.45. The van der Waals surface area contributed by atoms with Crippen molar-refractivity contribution in [2.45, 2.75) is 89.2 Å². The van der Waals surface area contributed by atoms with Crippen LogP contribution in [0.3, 0.4) is 0 Å². The number of halogens is 1. The molecule has 224 valence electrons. The van der Waals surface area contributed by atoms with E-state index in [1.807, 2.05) is 20.8 Å². The Kier molecular flexibility index (Phi) is 8.44. The molecule has 0 saturated heterocycles. The number of aliphatic hydroxyl groups excluding tert-OH is 1. The van der Waals surface area contributed by atoms with Crippen molar-refractivity contribution >= 4 is 39.4 Å². The molecule has 0 amide bonds. The number of carbonyl (C=O) groups excluding carboxylic acids is 3. The molecule has 0 aliphatic heterocycles. The fourth-order valence-electron chi connectivity index (χ4n) is 8.34. The molecule has 40 heavy (non-hydrogen) atoms. The minimum absolute atomic E-state index is 0.0143. The van der Waals surface area contributed by atoms with Crippen LogP contribution in [0, 0.1) is 28.6 Å². The molecule has 4 aliphatic carbocycles. The van der Waals surface area contributed by atoms with Crippen molar-refractivity contribution in [3.63, 3.8) is 0 Å². The van der Waals surface area contributed by atoms with Crippen LogP contribution in [0.1, 0.15) is 72.6 Å². The van der Waals surface area contributed by atoms with Gasteiger partial charge in [-0.1, -0.05) is 52.2 Å². The lowest BCUT2D eigenvalue weighted by molar-refractivity contribution is -0.184. The zero-order chi connectivity index (χ0) is 29.7. The highest BCUT2D eigenvalue weighted by atomic mass is 35.5. The molecule has 0 spiro atoms. The molecule has 4 aliphatic rings. The lowest BCUT2D eigenvalue weighted by Gasteiger charge is -2.64. The van der Waals surface area contributed by atoms with Gasteiger partial charge in [0.05, 0.1) is 23.8 Å². The third-order valence-electron chi connectivity index (χ3n) is 10.2. The number of ether oxygens (including phenoxy) is 2. The van der Waals surface area contributed by atoms with Crippen LogP contribution in [-0.2, 0) is 33.4 Å². The Bertz CT molecular complexity index is 1230. The molecular weight excluding hydrogens is 560 g/mol. The third kappa shape index (κ3) is 4.76. The van der Waals surface area contributed by atoms with Crippen LogP contribution in [0.25, 0.3) is 0 Å². The maximum absolute atomic E-state index is 14.0. The van der Waals surface area contributed by atoms with Crippen molar-refractivity contribution in [2.24, 2.45) is 28.6 Å². The Hall–Kier alpha value is -1.75. The topological polar surface area (TPSA) is 133 Å². The van der Waals surface area contributed by atoms with Crippen molar-refractivity contribution in [2.75, 3.05) is 19.5 Å². The maximum atomic E-state index is 14.0. The van der Waals surface area contributed by atoms with Gasteiger partial charge in [-0.25, -0.2) is 4.79 Å². The summed E-state index contributed by atoms with van der Waals surface area (Å²) >= 11 is 7.49. The second-order valence-corrected chi connectivity index (χ2v) is 14.7. The van der Waals surface area contributed by atoms with Crippen molar-refractivity contribution in [3.8, 4) is 0 Å². The highest BCUT2D eigenvalue weighted by Gasteiger charge is 2.76.